The molecule has 0 amide bonds. The zero-order valence-corrected chi connectivity index (χ0v) is 13.7. The van der Waals surface area contributed by atoms with Crippen LogP contribution in [0.1, 0.15) is 52.5 Å². The van der Waals surface area contributed by atoms with Crippen molar-refractivity contribution < 1.29 is 14.6 Å². The Balaban J connectivity index is 2.28. The fraction of sp³-hybridized carbons (Fsp3) is 0.667. The molecule has 1 saturated carbocycles. The summed E-state index contributed by atoms with van der Waals surface area (Å²) in [5.41, 5.74) is 0.218. The van der Waals surface area contributed by atoms with Gasteiger partial charge in [0.05, 0.1) is 18.8 Å². The van der Waals surface area contributed by atoms with Crippen LogP contribution in [-0.4, -0.2) is 18.3 Å². The van der Waals surface area contributed by atoms with Crippen LogP contribution in [0.2, 0.25) is 0 Å². The molecule has 21 heavy (non-hydrogen) atoms. The smallest absolute Gasteiger partial charge is 0.161 e. The summed E-state index contributed by atoms with van der Waals surface area (Å²) in [4.78, 5) is 0. The first-order valence-electron chi connectivity index (χ1n) is 8.12. The highest BCUT2D eigenvalue weighted by Gasteiger charge is 2.37. The molecule has 1 aliphatic carbocycles. The monoisotopic (exact) mass is 292 g/mol. The quantitative estimate of drug-likeness (QED) is 0.887. The molecular formula is C18H28O3. The number of aliphatic hydroxyl groups is 1. The van der Waals surface area contributed by atoms with Crippen LogP contribution in [0.15, 0.2) is 18.2 Å². The first-order chi connectivity index (χ1) is 10.00. The Bertz CT molecular complexity index is 472. The summed E-state index contributed by atoms with van der Waals surface area (Å²) in [5, 5.41) is 11.0. The molecular weight excluding hydrogens is 264 g/mol. The second kappa shape index (κ2) is 6.69. The van der Waals surface area contributed by atoms with Gasteiger partial charge in [-0.1, -0.05) is 19.9 Å². The summed E-state index contributed by atoms with van der Waals surface area (Å²) < 4.78 is 11.3. The minimum absolute atomic E-state index is 0.533. The van der Waals surface area contributed by atoms with Crippen LogP contribution >= 0.6 is 0 Å². The second-order valence-corrected chi connectivity index (χ2v) is 6.26. The zero-order valence-electron chi connectivity index (χ0n) is 13.7. The Morgan fingerprint density at radius 2 is 1.76 bits per heavy atom. The van der Waals surface area contributed by atoms with E-state index in [0.29, 0.717) is 25.0 Å². The molecule has 0 spiro atoms. The molecule has 3 heteroatoms. The molecule has 0 saturated heterocycles. The topological polar surface area (TPSA) is 38.7 Å². The summed E-state index contributed by atoms with van der Waals surface area (Å²) in [6, 6.07) is 5.86. The summed E-state index contributed by atoms with van der Waals surface area (Å²) in [6.45, 7) is 9.62. The predicted molar refractivity (Wildman–Crippen MR) is 84.9 cm³/mol. The van der Waals surface area contributed by atoms with Gasteiger partial charge < -0.3 is 14.6 Å². The highest BCUT2D eigenvalue weighted by Crippen LogP contribution is 2.44. The molecule has 2 rings (SSSR count). The minimum Gasteiger partial charge on any atom is -0.490 e. The molecule has 0 aromatic heterocycles. The number of hydrogen-bond donors (Lipinski definition) is 1. The molecule has 1 fully saturated rings. The van der Waals surface area contributed by atoms with E-state index in [1.807, 2.05) is 32.0 Å². The molecule has 1 aromatic carbocycles. The molecule has 1 N–H and O–H groups in total. The molecule has 3 atom stereocenters. The molecule has 1 aliphatic rings. The number of benzene rings is 1. The summed E-state index contributed by atoms with van der Waals surface area (Å²) in [6.07, 6.45) is 2.70. The summed E-state index contributed by atoms with van der Waals surface area (Å²) in [5.74, 6) is 2.70. The van der Waals surface area contributed by atoms with E-state index in [2.05, 4.69) is 13.8 Å². The molecule has 0 heterocycles. The van der Waals surface area contributed by atoms with Gasteiger partial charge in [-0.15, -0.1) is 0 Å². The van der Waals surface area contributed by atoms with Crippen LogP contribution in [0.25, 0.3) is 0 Å². The lowest BCUT2D eigenvalue weighted by molar-refractivity contribution is -0.0337. The third kappa shape index (κ3) is 3.52. The maximum Gasteiger partial charge on any atom is 0.161 e. The van der Waals surface area contributed by atoms with Crippen molar-refractivity contribution in [3.63, 3.8) is 0 Å². The lowest BCUT2D eigenvalue weighted by Crippen LogP contribution is -2.35. The van der Waals surface area contributed by atoms with E-state index in [4.69, 9.17) is 9.47 Å². The first kappa shape index (κ1) is 16.2. The summed E-state index contributed by atoms with van der Waals surface area (Å²) >= 11 is 0. The third-order valence-corrected chi connectivity index (χ3v) is 4.73. The fourth-order valence-electron chi connectivity index (χ4n) is 3.19. The predicted octanol–water partition coefficient (Wildman–Crippen LogP) is 4.13. The van der Waals surface area contributed by atoms with E-state index < -0.39 is 5.60 Å². The second-order valence-electron chi connectivity index (χ2n) is 6.26. The van der Waals surface area contributed by atoms with Crippen LogP contribution < -0.4 is 9.47 Å². The first-order valence-corrected chi connectivity index (χ1v) is 8.12. The van der Waals surface area contributed by atoms with Crippen LogP contribution in [-0.2, 0) is 5.60 Å². The minimum atomic E-state index is -0.734. The molecule has 0 aliphatic heterocycles. The highest BCUT2D eigenvalue weighted by molar-refractivity contribution is 5.45. The Morgan fingerprint density at radius 3 is 2.38 bits per heavy atom. The Labute approximate surface area is 128 Å². The zero-order chi connectivity index (χ0) is 15.5. The largest absolute Gasteiger partial charge is 0.490 e. The maximum absolute atomic E-state index is 11.0. The third-order valence-electron chi connectivity index (χ3n) is 4.73. The van der Waals surface area contributed by atoms with Crippen molar-refractivity contribution in [3.05, 3.63) is 23.8 Å². The van der Waals surface area contributed by atoms with Crippen molar-refractivity contribution >= 4 is 0 Å². The van der Waals surface area contributed by atoms with Crippen LogP contribution in [0.5, 0.6) is 11.5 Å². The normalized spacial score (nSPS) is 29.2. The van der Waals surface area contributed by atoms with Crippen molar-refractivity contribution in [2.24, 2.45) is 11.8 Å². The molecule has 0 bridgehead atoms. The van der Waals surface area contributed by atoms with Gasteiger partial charge in [-0.2, -0.15) is 0 Å². The van der Waals surface area contributed by atoms with Crippen LogP contribution in [0.4, 0.5) is 0 Å². The fourth-order valence-corrected chi connectivity index (χ4v) is 3.19. The van der Waals surface area contributed by atoms with Gasteiger partial charge in [0.15, 0.2) is 11.5 Å². The molecule has 1 aromatic rings. The van der Waals surface area contributed by atoms with Crippen molar-refractivity contribution in [1.82, 2.24) is 0 Å². The van der Waals surface area contributed by atoms with Gasteiger partial charge in [0.2, 0.25) is 0 Å². The average molecular weight is 292 g/mol. The molecule has 3 unspecified atom stereocenters. The van der Waals surface area contributed by atoms with E-state index >= 15 is 0 Å². The lowest BCUT2D eigenvalue weighted by Gasteiger charge is -2.39. The Morgan fingerprint density at radius 1 is 1.10 bits per heavy atom. The van der Waals surface area contributed by atoms with Crippen LogP contribution in [0, 0.1) is 11.8 Å². The van der Waals surface area contributed by atoms with Gasteiger partial charge in [0.25, 0.3) is 0 Å². The lowest BCUT2D eigenvalue weighted by atomic mass is 9.70. The van der Waals surface area contributed by atoms with E-state index in [1.165, 1.54) is 0 Å². The molecule has 118 valence electrons. The van der Waals surface area contributed by atoms with Gasteiger partial charge in [0.1, 0.15) is 0 Å². The van der Waals surface area contributed by atoms with E-state index in [9.17, 15) is 5.11 Å². The molecule has 0 radical (unpaired) electrons. The van der Waals surface area contributed by atoms with Gasteiger partial charge >= 0.3 is 0 Å². The Kier molecular flexibility index (Phi) is 5.15. The van der Waals surface area contributed by atoms with Gasteiger partial charge in [0, 0.05) is 0 Å². The summed E-state index contributed by atoms with van der Waals surface area (Å²) in [7, 11) is 0. The average Bonchev–Trinajstić information content (AvgIpc) is 2.46. The van der Waals surface area contributed by atoms with E-state index in [-0.39, 0.29) is 0 Å². The number of ether oxygens (including phenoxy) is 2. The van der Waals surface area contributed by atoms with E-state index in [0.717, 1.165) is 36.3 Å². The highest BCUT2D eigenvalue weighted by atomic mass is 16.5. The number of hydrogen-bond acceptors (Lipinski definition) is 3. The van der Waals surface area contributed by atoms with E-state index in [1.54, 1.807) is 0 Å². The number of rotatable bonds is 5. The van der Waals surface area contributed by atoms with Crippen molar-refractivity contribution in [1.29, 1.82) is 0 Å². The van der Waals surface area contributed by atoms with Crippen molar-refractivity contribution in [2.75, 3.05) is 13.2 Å². The van der Waals surface area contributed by atoms with Gasteiger partial charge in [-0.3, -0.25) is 0 Å². The maximum atomic E-state index is 11.0. The standard InChI is InChI=1S/C18H28O3/c1-5-20-16-8-7-15(11-17(16)21-6-2)18(19)10-9-13(3)14(4)12-18/h7-8,11,13-14,19H,5-6,9-10,12H2,1-4H3. The molecule has 3 nitrogen and oxygen atoms in total. The van der Waals surface area contributed by atoms with Crippen molar-refractivity contribution in [3.8, 4) is 11.5 Å². The van der Waals surface area contributed by atoms with Gasteiger partial charge in [-0.05, 0) is 62.6 Å². The van der Waals surface area contributed by atoms with Crippen LogP contribution in [0.3, 0.4) is 0 Å². The SMILES string of the molecule is CCOc1ccc(C2(O)CCC(C)C(C)C2)cc1OCC. The Hall–Kier alpha value is -1.22. The van der Waals surface area contributed by atoms with Crippen molar-refractivity contribution in [2.45, 2.75) is 52.6 Å². The van der Waals surface area contributed by atoms with Gasteiger partial charge in [-0.25, -0.2) is 0 Å².